The molecule has 1 N–H and O–H groups in total. The fraction of sp³-hybridized carbons (Fsp3) is 1.00. The molecule has 1 atom stereocenters. The van der Waals surface area contributed by atoms with E-state index in [1.54, 1.807) is 0 Å². The van der Waals surface area contributed by atoms with Crippen LogP contribution in [0, 0.1) is 5.92 Å². The first kappa shape index (κ1) is 10.0. The third-order valence-electron chi connectivity index (χ3n) is 2.80. The Labute approximate surface area is 78.4 Å². The predicted octanol–water partition coefficient (Wildman–Crippen LogP) is 3.20. The van der Waals surface area contributed by atoms with Crippen LogP contribution in [-0.2, 0) is 0 Å². The summed E-state index contributed by atoms with van der Waals surface area (Å²) in [6.45, 7) is 11.6. The van der Waals surface area contributed by atoms with Gasteiger partial charge in [-0.1, -0.05) is 6.92 Å². The van der Waals surface area contributed by atoms with Crippen molar-refractivity contribution in [3.05, 3.63) is 0 Å². The van der Waals surface area contributed by atoms with E-state index >= 15 is 0 Å². The van der Waals surface area contributed by atoms with Crippen molar-refractivity contribution >= 4 is 0 Å². The third kappa shape index (κ3) is 2.78. The SMILES string of the molecule is CC1CCC(C)(C)NC(C)(C)C1.[HH]. The van der Waals surface area contributed by atoms with Gasteiger partial charge >= 0.3 is 0 Å². The van der Waals surface area contributed by atoms with Crippen molar-refractivity contribution in [2.45, 2.75) is 65.0 Å². The molecule has 1 aliphatic heterocycles. The summed E-state index contributed by atoms with van der Waals surface area (Å²) in [6, 6.07) is 0. The van der Waals surface area contributed by atoms with Gasteiger partial charge in [0, 0.05) is 12.5 Å². The summed E-state index contributed by atoms with van der Waals surface area (Å²) in [5, 5.41) is 3.72. The van der Waals surface area contributed by atoms with E-state index in [0.717, 1.165) is 5.92 Å². The van der Waals surface area contributed by atoms with Crippen molar-refractivity contribution in [3.8, 4) is 0 Å². The Kier molecular flexibility index (Phi) is 2.53. The molecular weight excluding hydrogens is 146 g/mol. The molecule has 74 valence electrons. The molecule has 1 rings (SSSR count). The van der Waals surface area contributed by atoms with Gasteiger partial charge in [0.15, 0.2) is 0 Å². The van der Waals surface area contributed by atoms with E-state index in [1.807, 2.05) is 0 Å². The Bertz CT molecular complexity index is 163. The molecule has 0 aromatic heterocycles. The first-order chi connectivity index (χ1) is 5.31. The van der Waals surface area contributed by atoms with E-state index in [0.29, 0.717) is 11.1 Å². The van der Waals surface area contributed by atoms with Gasteiger partial charge in [0.2, 0.25) is 0 Å². The molecule has 1 heteroatoms. The van der Waals surface area contributed by atoms with Crippen molar-refractivity contribution < 1.29 is 1.43 Å². The van der Waals surface area contributed by atoms with Gasteiger partial charge in [-0.25, -0.2) is 0 Å². The molecule has 0 saturated carbocycles. The second-order valence-electron chi connectivity index (χ2n) is 5.74. The van der Waals surface area contributed by atoms with Crippen LogP contribution in [0.25, 0.3) is 0 Å². The molecule has 0 bridgehead atoms. The standard InChI is InChI=1S/C11H23N.H2/c1-9-6-7-10(2,3)12-11(4,5)8-9;/h9,12H,6-8H2,1-5H3;1H. The van der Waals surface area contributed by atoms with Crippen LogP contribution in [0.2, 0.25) is 0 Å². The van der Waals surface area contributed by atoms with Crippen LogP contribution in [0.3, 0.4) is 0 Å². The molecule has 0 amide bonds. The lowest BCUT2D eigenvalue weighted by atomic mass is 9.91. The third-order valence-corrected chi connectivity index (χ3v) is 2.80. The highest BCUT2D eigenvalue weighted by molar-refractivity contribution is 4.92. The monoisotopic (exact) mass is 171 g/mol. The van der Waals surface area contributed by atoms with Crippen LogP contribution in [0.15, 0.2) is 0 Å². The topological polar surface area (TPSA) is 12.0 Å². The summed E-state index contributed by atoms with van der Waals surface area (Å²) >= 11 is 0. The first-order valence-corrected chi connectivity index (χ1v) is 5.10. The fourth-order valence-corrected chi connectivity index (χ4v) is 2.61. The van der Waals surface area contributed by atoms with E-state index in [9.17, 15) is 0 Å². The van der Waals surface area contributed by atoms with Gasteiger partial charge in [-0.15, -0.1) is 0 Å². The van der Waals surface area contributed by atoms with Crippen LogP contribution < -0.4 is 5.32 Å². The average Bonchev–Trinajstić information content (AvgIpc) is 1.86. The maximum absolute atomic E-state index is 3.72. The smallest absolute Gasteiger partial charge is 0.0132 e. The van der Waals surface area contributed by atoms with Gasteiger partial charge in [-0.2, -0.15) is 0 Å². The van der Waals surface area contributed by atoms with E-state index in [-0.39, 0.29) is 1.43 Å². The van der Waals surface area contributed by atoms with Gasteiger partial charge in [0.25, 0.3) is 0 Å². The van der Waals surface area contributed by atoms with Crippen LogP contribution in [0.5, 0.6) is 0 Å². The Morgan fingerprint density at radius 1 is 1.17 bits per heavy atom. The molecule has 0 aromatic rings. The van der Waals surface area contributed by atoms with Gasteiger partial charge in [-0.05, 0) is 52.9 Å². The minimum absolute atomic E-state index is 0. The second kappa shape index (κ2) is 3.02. The quantitative estimate of drug-likeness (QED) is 0.590. The summed E-state index contributed by atoms with van der Waals surface area (Å²) in [5.41, 5.74) is 0.647. The predicted molar refractivity (Wildman–Crippen MR) is 56.4 cm³/mol. The van der Waals surface area contributed by atoms with Crippen LogP contribution in [0.1, 0.15) is 55.3 Å². The van der Waals surface area contributed by atoms with Crippen molar-refractivity contribution in [2.24, 2.45) is 5.92 Å². The average molecular weight is 171 g/mol. The molecule has 0 aliphatic carbocycles. The largest absolute Gasteiger partial charge is 0.307 e. The van der Waals surface area contributed by atoms with Crippen LogP contribution in [-0.4, -0.2) is 11.1 Å². The Morgan fingerprint density at radius 3 is 2.33 bits per heavy atom. The molecule has 0 radical (unpaired) electrons. The van der Waals surface area contributed by atoms with Crippen molar-refractivity contribution in [1.82, 2.24) is 5.32 Å². The number of rotatable bonds is 0. The van der Waals surface area contributed by atoms with Crippen LogP contribution >= 0.6 is 0 Å². The molecule has 0 spiro atoms. The van der Waals surface area contributed by atoms with E-state index in [4.69, 9.17) is 0 Å². The molecule has 1 aliphatic rings. The summed E-state index contributed by atoms with van der Waals surface area (Å²) in [7, 11) is 0. The molecular formula is C11H25N. The normalized spacial score (nSPS) is 34.2. The van der Waals surface area contributed by atoms with Gasteiger partial charge < -0.3 is 5.32 Å². The molecule has 1 saturated heterocycles. The lowest BCUT2D eigenvalue weighted by Gasteiger charge is -2.34. The lowest BCUT2D eigenvalue weighted by Crippen LogP contribution is -2.50. The second-order valence-corrected chi connectivity index (χ2v) is 5.74. The zero-order valence-electron chi connectivity index (χ0n) is 9.20. The van der Waals surface area contributed by atoms with Crippen molar-refractivity contribution in [1.29, 1.82) is 0 Å². The van der Waals surface area contributed by atoms with E-state index < -0.39 is 0 Å². The maximum atomic E-state index is 3.72. The molecule has 12 heavy (non-hydrogen) atoms. The number of hydrogen-bond donors (Lipinski definition) is 1. The maximum Gasteiger partial charge on any atom is 0.0132 e. The zero-order chi connectivity index (χ0) is 9.41. The number of hydrogen-bond acceptors (Lipinski definition) is 1. The summed E-state index contributed by atoms with van der Waals surface area (Å²) < 4.78 is 0. The van der Waals surface area contributed by atoms with Crippen molar-refractivity contribution in [2.75, 3.05) is 0 Å². The van der Waals surface area contributed by atoms with Gasteiger partial charge in [0.05, 0.1) is 0 Å². The van der Waals surface area contributed by atoms with E-state index in [2.05, 4.69) is 39.9 Å². The van der Waals surface area contributed by atoms with E-state index in [1.165, 1.54) is 19.3 Å². The highest BCUT2D eigenvalue weighted by Crippen LogP contribution is 2.30. The molecule has 1 fully saturated rings. The Balaban J connectivity index is 0.00000144. The van der Waals surface area contributed by atoms with Gasteiger partial charge in [-0.3, -0.25) is 0 Å². The number of nitrogens with one attached hydrogen (secondary N) is 1. The summed E-state index contributed by atoms with van der Waals surface area (Å²) in [5.74, 6) is 0.870. The van der Waals surface area contributed by atoms with Crippen LogP contribution in [0.4, 0.5) is 0 Å². The molecule has 1 unspecified atom stereocenters. The minimum Gasteiger partial charge on any atom is -0.307 e. The summed E-state index contributed by atoms with van der Waals surface area (Å²) in [6.07, 6.45) is 3.97. The fourth-order valence-electron chi connectivity index (χ4n) is 2.61. The molecule has 1 heterocycles. The van der Waals surface area contributed by atoms with Crippen molar-refractivity contribution in [3.63, 3.8) is 0 Å². The summed E-state index contributed by atoms with van der Waals surface area (Å²) in [4.78, 5) is 0. The Morgan fingerprint density at radius 2 is 1.75 bits per heavy atom. The highest BCUT2D eigenvalue weighted by atomic mass is 15.0. The van der Waals surface area contributed by atoms with Gasteiger partial charge in [0.1, 0.15) is 0 Å². The lowest BCUT2D eigenvalue weighted by molar-refractivity contribution is 0.263. The molecule has 1 nitrogen and oxygen atoms in total. The molecule has 0 aromatic carbocycles. The first-order valence-electron chi connectivity index (χ1n) is 5.10. The zero-order valence-corrected chi connectivity index (χ0v) is 9.20. The highest BCUT2D eigenvalue weighted by Gasteiger charge is 2.32. The Hall–Kier alpha value is -0.0400. The minimum atomic E-state index is 0.